The maximum atomic E-state index is 11.3. The molecular weight excluding hydrogens is 208 g/mol. The smallest absolute Gasteiger partial charge is 0.234 e. The Balaban J connectivity index is 3.39. The summed E-state index contributed by atoms with van der Waals surface area (Å²) in [6, 6.07) is 0.282. The Hall–Kier alpha value is -0.220. The molecule has 0 aliphatic heterocycles. The van der Waals surface area contributed by atoms with E-state index in [-0.39, 0.29) is 11.9 Å². The van der Waals surface area contributed by atoms with E-state index in [0.717, 1.165) is 19.4 Å². The summed E-state index contributed by atoms with van der Waals surface area (Å²) in [5.41, 5.74) is 0. The number of hydrogen-bond donors (Lipinski definition) is 2. The van der Waals surface area contributed by atoms with Gasteiger partial charge in [-0.3, -0.25) is 4.79 Å². The molecule has 0 rings (SSSR count). The second kappa shape index (κ2) is 9.04. The van der Waals surface area contributed by atoms with E-state index in [1.165, 1.54) is 0 Å². The number of hydrogen-bond acceptors (Lipinski definition) is 3. The van der Waals surface area contributed by atoms with Crippen LogP contribution in [-0.2, 0) is 4.79 Å². The van der Waals surface area contributed by atoms with Gasteiger partial charge in [-0.05, 0) is 32.6 Å². The molecule has 0 bridgehead atoms. The molecule has 0 saturated carbocycles. The molecule has 0 radical (unpaired) electrons. The minimum atomic E-state index is 0.0983. The monoisotopic (exact) mass is 232 g/mol. The number of amides is 1. The lowest BCUT2D eigenvalue weighted by Crippen LogP contribution is -2.39. The topological polar surface area (TPSA) is 41.1 Å². The molecule has 2 atom stereocenters. The number of carbonyl (C=O) groups is 1. The predicted molar refractivity (Wildman–Crippen MR) is 68.4 cm³/mol. The highest BCUT2D eigenvalue weighted by Crippen LogP contribution is 2.07. The minimum Gasteiger partial charge on any atom is -0.353 e. The molecule has 0 fully saturated rings. The number of thioether (sulfide) groups is 1. The fourth-order valence-corrected chi connectivity index (χ4v) is 1.41. The first-order chi connectivity index (χ1) is 7.10. The van der Waals surface area contributed by atoms with Crippen LogP contribution in [-0.4, -0.2) is 36.5 Å². The van der Waals surface area contributed by atoms with Gasteiger partial charge in [-0.15, -0.1) is 0 Å². The van der Waals surface area contributed by atoms with Gasteiger partial charge in [0.2, 0.25) is 5.91 Å². The van der Waals surface area contributed by atoms with Gasteiger partial charge >= 0.3 is 0 Å². The zero-order chi connectivity index (χ0) is 11.7. The maximum Gasteiger partial charge on any atom is 0.234 e. The Morgan fingerprint density at radius 3 is 2.60 bits per heavy atom. The van der Waals surface area contributed by atoms with Crippen LogP contribution >= 0.6 is 11.8 Å². The first kappa shape index (κ1) is 14.8. The Bertz CT molecular complexity index is 176. The van der Waals surface area contributed by atoms with Gasteiger partial charge in [-0.2, -0.15) is 11.8 Å². The van der Waals surface area contributed by atoms with Gasteiger partial charge in [-0.1, -0.05) is 13.8 Å². The molecule has 4 heteroatoms. The molecule has 0 saturated heterocycles. The van der Waals surface area contributed by atoms with Crippen molar-refractivity contribution in [3.05, 3.63) is 0 Å². The van der Waals surface area contributed by atoms with Crippen LogP contribution in [0.3, 0.4) is 0 Å². The van der Waals surface area contributed by atoms with Gasteiger partial charge < -0.3 is 10.6 Å². The van der Waals surface area contributed by atoms with Crippen molar-refractivity contribution < 1.29 is 4.79 Å². The van der Waals surface area contributed by atoms with Crippen LogP contribution in [0.1, 0.15) is 33.6 Å². The van der Waals surface area contributed by atoms with Crippen molar-refractivity contribution >= 4 is 17.7 Å². The van der Waals surface area contributed by atoms with Crippen LogP contribution in [0.15, 0.2) is 0 Å². The van der Waals surface area contributed by atoms with E-state index < -0.39 is 0 Å². The average Bonchev–Trinajstić information content (AvgIpc) is 2.23. The average molecular weight is 232 g/mol. The summed E-state index contributed by atoms with van der Waals surface area (Å²) >= 11 is 1.86. The Morgan fingerprint density at radius 2 is 2.07 bits per heavy atom. The molecule has 2 N–H and O–H groups in total. The van der Waals surface area contributed by atoms with Crippen molar-refractivity contribution in [2.24, 2.45) is 0 Å². The van der Waals surface area contributed by atoms with E-state index in [1.807, 2.05) is 18.7 Å². The summed E-state index contributed by atoms with van der Waals surface area (Å²) in [7, 11) is 0. The third kappa shape index (κ3) is 8.75. The molecule has 0 aliphatic rings. The van der Waals surface area contributed by atoms with E-state index in [9.17, 15) is 4.79 Å². The van der Waals surface area contributed by atoms with E-state index >= 15 is 0 Å². The second-order valence-electron chi connectivity index (χ2n) is 3.89. The summed E-state index contributed by atoms with van der Waals surface area (Å²) in [5.74, 6) is 0.0983. The standard InChI is InChI=1S/C11H24N2OS/c1-5-9(2)13-11(14)8-12-7-6-10(3)15-4/h9-10,12H,5-8H2,1-4H3,(H,13,14). The number of nitrogens with one attached hydrogen (secondary N) is 2. The van der Waals surface area contributed by atoms with E-state index in [0.29, 0.717) is 11.8 Å². The van der Waals surface area contributed by atoms with E-state index in [1.54, 1.807) is 0 Å². The van der Waals surface area contributed by atoms with E-state index in [2.05, 4.69) is 30.7 Å². The molecular formula is C11H24N2OS. The Labute approximate surface area is 97.8 Å². The van der Waals surface area contributed by atoms with Crippen LogP contribution in [0.25, 0.3) is 0 Å². The lowest BCUT2D eigenvalue weighted by molar-refractivity contribution is -0.120. The normalized spacial score (nSPS) is 14.7. The van der Waals surface area contributed by atoms with Gasteiger partial charge in [0.25, 0.3) is 0 Å². The molecule has 90 valence electrons. The van der Waals surface area contributed by atoms with Crippen LogP contribution in [0.5, 0.6) is 0 Å². The highest BCUT2D eigenvalue weighted by atomic mass is 32.2. The molecule has 15 heavy (non-hydrogen) atoms. The zero-order valence-electron chi connectivity index (χ0n) is 10.3. The maximum absolute atomic E-state index is 11.3. The largest absolute Gasteiger partial charge is 0.353 e. The van der Waals surface area contributed by atoms with Crippen LogP contribution < -0.4 is 10.6 Å². The molecule has 0 aromatic heterocycles. The molecule has 0 aliphatic carbocycles. The SMILES string of the molecule is CCC(C)NC(=O)CNCCC(C)SC. The summed E-state index contributed by atoms with van der Waals surface area (Å²) in [6.07, 6.45) is 4.20. The molecule has 0 aromatic carbocycles. The summed E-state index contributed by atoms with van der Waals surface area (Å²) < 4.78 is 0. The predicted octanol–water partition coefficient (Wildman–Crippen LogP) is 1.63. The first-order valence-electron chi connectivity index (χ1n) is 5.63. The van der Waals surface area contributed by atoms with Crippen molar-refractivity contribution in [2.75, 3.05) is 19.3 Å². The van der Waals surface area contributed by atoms with Crippen molar-refractivity contribution in [3.8, 4) is 0 Å². The van der Waals surface area contributed by atoms with Gasteiger partial charge in [0, 0.05) is 11.3 Å². The van der Waals surface area contributed by atoms with Crippen molar-refractivity contribution in [1.82, 2.24) is 10.6 Å². The summed E-state index contributed by atoms with van der Waals surface area (Å²) in [4.78, 5) is 11.3. The molecule has 2 unspecified atom stereocenters. The number of rotatable bonds is 8. The van der Waals surface area contributed by atoms with Crippen molar-refractivity contribution in [3.63, 3.8) is 0 Å². The lowest BCUT2D eigenvalue weighted by atomic mass is 10.2. The highest BCUT2D eigenvalue weighted by Gasteiger charge is 2.04. The third-order valence-electron chi connectivity index (χ3n) is 2.44. The van der Waals surface area contributed by atoms with Gasteiger partial charge in [0.15, 0.2) is 0 Å². The minimum absolute atomic E-state index is 0.0983. The van der Waals surface area contributed by atoms with Gasteiger partial charge in [-0.25, -0.2) is 0 Å². The highest BCUT2D eigenvalue weighted by molar-refractivity contribution is 7.99. The van der Waals surface area contributed by atoms with Crippen LogP contribution in [0.4, 0.5) is 0 Å². The fourth-order valence-electron chi connectivity index (χ4n) is 1.05. The van der Waals surface area contributed by atoms with Gasteiger partial charge in [0.05, 0.1) is 6.54 Å². The summed E-state index contributed by atoms with van der Waals surface area (Å²) in [5, 5.41) is 6.74. The Morgan fingerprint density at radius 1 is 1.40 bits per heavy atom. The van der Waals surface area contributed by atoms with Crippen molar-refractivity contribution in [1.29, 1.82) is 0 Å². The molecule has 3 nitrogen and oxygen atoms in total. The molecule has 1 amide bonds. The second-order valence-corrected chi connectivity index (χ2v) is 5.16. The first-order valence-corrected chi connectivity index (χ1v) is 6.91. The quantitative estimate of drug-likeness (QED) is 0.625. The molecule has 0 heterocycles. The molecule has 0 spiro atoms. The zero-order valence-corrected chi connectivity index (χ0v) is 11.1. The van der Waals surface area contributed by atoms with Gasteiger partial charge in [0.1, 0.15) is 0 Å². The van der Waals surface area contributed by atoms with Crippen LogP contribution in [0.2, 0.25) is 0 Å². The fraction of sp³-hybridized carbons (Fsp3) is 0.909. The Kier molecular flexibility index (Phi) is 8.91. The third-order valence-corrected chi connectivity index (χ3v) is 3.48. The molecule has 0 aromatic rings. The van der Waals surface area contributed by atoms with E-state index in [4.69, 9.17) is 0 Å². The van der Waals surface area contributed by atoms with Crippen molar-refractivity contribution in [2.45, 2.75) is 44.9 Å². The summed E-state index contributed by atoms with van der Waals surface area (Å²) in [6.45, 7) is 7.64. The van der Waals surface area contributed by atoms with Crippen LogP contribution in [0, 0.1) is 0 Å². The lowest BCUT2D eigenvalue weighted by Gasteiger charge is -2.12. The number of carbonyl (C=O) groups excluding carboxylic acids is 1.